The van der Waals surface area contributed by atoms with Gasteiger partial charge in [0.05, 0.1) is 9.35 Å². The Kier molecular flexibility index (Phi) is 7.84. The van der Waals surface area contributed by atoms with E-state index in [1.807, 2.05) is 5.38 Å². The number of nitrogens with one attached hydrogen (secondary N) is 1. The van der Waals surface area contributed by atoms with Crippen molar-refractivity contribution in [1.29, 1.82) is 0 Å². The van der Waals surface area contributed by atoms with Crippen LogP contribution >= 0.6 is 27.3 Å². The van der Waals surface area contributed by atoms with Gasteiger partial charge in [-0.05, 0) is 40.8 Å². The molecule has 112 valence electrons. The fourth-order valence-corrected chi connectivity index (χ4v) is 3.23. The molecule has 1 aromatic rings. The highest BCUT2D eigenvalue weighted by Gasteiger charge is 2.12. The second kappa shape index (κ2) is 9.13. The number of thiophene rings is 1. The van der Waals surface area contributed by atoms with Gasteiger partial charge in [-0.15, -0.1) is 11.3 Å². The summed E-state index contributed by atoms with van der Waals surface area (Å²) in [6.07, 6.45) is 3.76. The summed E-state index contributed by atoms with van der Waals surface area (Å²) >= 11 is 4.81. The smallest absolute Gasteiger partial charge is 0.303 e. The third-order valence-electron chi connectivity index (χ3n) is 3.13. The van der Waals surface area contributed by atoms with Crippen molar-refractivity contribution in [3.8, 4) is 0 Å². The lowest BCUT2D eigenvalue weighted by atomic mass is 9.94. The number of carboxylic acid groups (broad SMARTS) is 1. The minimum absolute atomic E-state index is 0.0690. The Bertz CT molecular complexity index is 447. The number of amides is 1. The molecule has 0 saturated carbocycles. The van der Waals surface area contributed by atoms with Gasteiger partial charge in [-0.2, -0.15) is 0 Å². The summed E-state index contributed by atoms with van der Waals surface area (Å²) in [4.78, 5) is 22.4. The molecular formula is C14H20BrNO3S. The number of carboxylic acids is 1. The molecule has 0 aliphatic rings. The van der Waals surface area contributed by atoms with Crippen molar-refractivity contribution in [3.63, 3.8) is 0 Å². The van der Waals surface area contributed by atoms with Crippen LogP contribution in [0.15, 0.2) is 15.2 Å². The van der Waals surface area contributed by atoms with E-state index in [9.17, 15) is 9.59 Å². The van der Waals surface area contributed by atoms with Crippen molar-refractivity contribution in [2.24, 2.45) is 5.92 Å². The zero-order valence-electron chi connectivity index (χ0n) is 11.5. The summed E-state index contributed by atoms with van der Waals surface area (Å²) < 4.78 is 0.938. The summed E-state index contributed by atoms with van der Waals surface area (Å²) in [5.41, 5.74) is 0.666. The highest BCUT2D eigenvalue weighted by molar-refractivity contribution is 9.11. The molecule has 0 saturated heterocycles. The van der Waals surface area contributed by atoms with Gasteiger partial charge in [0.1, 0.15) is 0 Å². The van der Waals surface area contributed by atoms with E-state index >= 15 is 0 Å². The second-order valence-electron chi connectivity index (χ2n) is 4.77. The number of aliphatic carboxylic acids is 1. The van der Waals surface area contributed by atoms with Crippen LogP contribution < -0.4 is 5.32 Å². The van der Waals surface area contributed by atoms with Crippen LogP contribution in [0.2, 0.25) is 0 Å². The fourth-order valence-electron chi connectivity index (χ4n) is 2.09. The van der Waals surface area contributed by atoms with Gasteiger partial charge in [0.15, 0.2) is 0 Å². The molecule has 0 spiro atoms. The maximum absolute atomic E-state index is 11.8. The summed E-state index contributed by atoms with van der Waals surface area (Å²) in [7, 11) is 0. The molecule has 1 heterocycles. The third kappa shape index (κ3) is 6.52. The minimum Gasteiger partial charge on any atom is -0.481 e. The number of carbonyl (C=O) groups is 2. The first-order valence-corrected chi connectivity index (χ1v) is 8.44. The molecule has 1 unspecified atom stereocenters. The topological polar surface area (TPSA) is 66.4 Å². The zero-order valence-corrected chi connectivity index (χ0v) is 13.9. The van der Waals surface area contributed by atoms with Crippen LogP contribution in [0, 0.1) is 5.92 Å². The van der Waals surface area contributed by atoms with Crippen molar-refractivity contribution in [1.82, 2.24) is 5.32 Å². The Hall–Kier alpha value is -0.880. The Labute approximate surface area is 131 Å². The van der Waals surface area contributed by atoms with Crippen molar-refractivity contribution in [2.75, 3.05) is 6.54 Å². The Balaban J connectivity index is 2.32. The van der Waals surface area contributed by atoms with E-state index in [2.05, 4.69) is 28.2 Å². The molecule has 1 amide bonds. The number of hydrogen-bond acceptors (Lipinski definition) is 3. The van der Waals surface area contributed by atoms with Gasteiger partial charge >= 0.3 is 5.97 Å². The summed E-state index contributed by atoms with van der Waals surface area (Å²) in [6, 6.07) is 1.80. The monoisotopic (exact) mass is 361 g/mol. The number of hydrogen-bond donors (Lipinski definition) is 2. The molecule has 0 aliphatic heterocycles. The molecular weight excluding hydrogens is 342 g/mol. The van der Waals surface area contributed by atoms with Crippen molar-refractivity contribution < 1.29 is 14.7 Å². The van der Waals surface area contributed by atoms with Gasteiger partial charge in [-0.3, -0.25) is 9.59 Å². The lowest BCUT2D eigenvalue weighted by Crippen LogP contribution is -2.25. The van der Waals surface area contributed by atoms with E-state index in [-0.39, 0.29) is 12.3 Å². The normalized spacial score (nSPS) is 12.1. The Morgan fingerprint density at radius 2 is 2.15 bits per heavy atom. The number of halogens is 1. The average molecular weight is 362 g/mol. The van der Waals surface area contributed by atoms with Crippen LogP contribution in [-0.2, 0) is 4.79 Å². The molecule has 0 bridgehead atoms. The minimum atomic E-state index is -0.752. The molecule has 1 aromatic heterocycles. The average Bonchev–Trinajstić information content (AvgIpc) is 2.82. The largest absolute Gasteiger partial charge is 0.481 e. The van der Waals surface area contributed by atoms with Crippen molar-refractivity contribution in [3.05, 3.63) is 20.8 Å². The standard InChI is InChI=1S/C14H20BrNO3S/c1-2-3-10(4-5-13(17)18)6-7-16-14(19)11-8-12(15)20-9-11/h8-10H,2-7H2,1H3,(H,16,19)(H,17,18). The van der Waals surface area contributed by atoms with Gasteiger partial charge in [0, 0.05) is 18.3 Å². The predicted molar refractivity (Wildman–Crippen MR) is 84.2 cm³/mol. The Morgan fingerprint density at radius 1 is 1.40 bits per heavy atom. The second-order valence-corrected chi connectivity index (χ2v) is 7.06. The zero-order chi connectivity index (χ0) is 15.0. The first-order chi connectivity index (χ1) is 9.52. The number of carbonyl (C=O) groups excluding carboxylic acids is 1. The maximum Gasteiger partial charge on any atom is 0.303 e. The summed E-state index contributed by atoms with van der Waals surface area (Å²) in [5, 5.41) is 13.4. The van der Waals surface area contributed by atoms with Crippen LogP contribution in [0.4, 0.5) is 0 Å². The molecule has 2 N–H and O–H groups in total. The van der Waals surface area contributed by atoms with Gasteiger partial charge in [0.2, 0.25) is 0 Å². The third-order valence-corrected chi connectivity index (χ3v) is 4.64. The highest BCUT2D eigenvalue weighted by atomic mass is 79.9. The van der Waals surface area contributed by atoms with E-state index in [0.29, 0.717) is 24.4 Å². The fraction of sp³-hybridized carbons (Fsp3) is 0.571. The van der Waals surface area contributed by atoms with Crippen LogP contribution in [0.3, 0.4) is 0 Å². The van der Waals surface area contributed by atoms with Crippen LogP contribution in [-0.4, -0.2) is 23.5 Å². The van der Waals surface area contributed by atoms with E-state index < -0.39 is 5.97 Å². The van der Waals surface area contributed by atoms with Gasteiger partial charge in [0.25, 0.3) is 5.91 Å². The first kappa shape index (κ1) is 17.2. The molecule has 0 fully saturated rings. The SMILES string of the molecule is CCCC(CCNC(=O)c1csc(Br)c1)CCC(=O)O. The summed E-state index contributed by atoms with van der Waals surface area (Å²) in [5.74, 6) is -0.454. The van der Waals surface area contributed by atoms with Crippen LogP contribution in [0.5, 0.6) is 0 Å². The summed E-state index contributed by atoms with van der Waals surface area (Å²) in [6.45, 7) is 2.69. The van der Waals surface area contributed by atoms with E-state index in [4.69, 9.17) is 5.11 Å². The first-order valence-electron chi connectivity index (χ1n) is 6.77. The molecule has 0 radical (unpaired) electrons. The molecule has 1 atom stereocenters. The van der Waals surface area contributed by atoms with Crippen molar-refractivity contribution >= 4 is 39.1 Å². The van der Waals surface area contributed by atoms with Gasteiger partial charge < -0.3 is 10.4 Å². The predicted octanol–water partition coefficient (Wildman–Crippen LogP) is 3.91. The number of rotatable bonds is 9. The lowest BCUT2D eigenvalue weighted by molar-refractivity contribution is -0.137. The molecule has 0 aliphatic carbocycles. The molecule has 0 aromatic carbocycles. The quantitative estimate of drug-likeness (QED) is 0.700. The Morgan fingerprint density at radius 3 is 2.70 bits per heavy atom. The lowest BCUT2D eigenvalue weighted by Gasteiger charge is -2.15. The maximum atomic E-state index is 11.8. The van der Waals surface area contributed by atoms with Crippen molar-refractivity contribution in [2.45, 2.75) is 39.0 Å². The molecule has 6 heteroatoms. The molecule has 4 nitrogen and oxygen atoms in total. The van der Waals surface area contributed by atoms with Gasteiger partial charge in [-0.1, -0.05) is 19.8 Å². The van der Waals surface area contributed by atoms with E-state index in [1.54, 1.807) is 6.07 Å². The van der Waals surface area contributed by atoms with E-state index in [1.165, 1.54) is 11.3 Å². The van der Waals surface area contributed by atoms with Crippen LogP contribution in [0.25, 0.3) is 0 Å². The van der Waals surface area contributed by atoms with Crippen LogP contribution in [0.1, 0.15) is 49.4 Å². The molecule has 1 rings (SSSR count). The highest BCUT2D eigenvalue weighted by Crippen LogP contribution is 2.21. The van der Waals surface area contributed by atoms with E-state index in [0.717, 1.165) is 23.0 Å². The van der Waals surface area contributed by atoms with Gasteiger partial charge in [-0.25, -0.2) is 0 Å². The molecule has 20 heavy (non-hydrogen) atoms.